The molecule has 0 bridgehead atoms. The molecule has 0 spiro atoms. The second-order valence-corrected chi connectivity index (χ2v) is 6.34. The van der Waals surface area contributed by atoms with Crippen LogP contribution in [0.2, 0.25) is 0 Å². The third kappa shape index (κ3) is 3.67. The van der Waals surface area contributed by atoms with Gasteiger partial charge in [0.2, 0.25) is 0 Å². The molecule has 1 saturated heterocycles. The van der Waals surface area contributed by atoms with Gasteiger partial charge in [-0.1, -0.05) is 6.92 Å². The second kappa shape index (κ2) is 5.47. The Labute approximate surface area is 114 Å². The first kappa shape index (κ1) is 15.9. The van der Waals surface area contributed by atoms with E-state index in [0.717, 1.165) is 0 Å². The molecule has 0 radical (unpaired) electrons. The largest absolute Gasteiger partial charge is 0.444 e. The van der Waals surface area contributed by atoms with Crippen LogP contribution in [0.15, 0.2) is 0 Å². The van der Waals surface area contributed by atoms with Crippen LogP contribution in [0, 0.1) is 0 Å². The lowest BCUT2D eigenvalue weighted by Gasteiger charge is -2.34. The van der Waals surface area contributed by atoms with Crippen LogP contribution in [0.3, 0.4) is 0 Å². The Kier molecular flexibility index (Phi) is 4.59. The third-order valence-electron chi connectivity index (χ3n) is 3.29. The highest BCUT2D eigenvalue weighted by Crippen LogP contribution is 2.34. The van der Waals surface area contributed by atoms with Crippen LogP contribution < -0.4 is 0 Å². The number of carbonyl (C=O) groups is 2. The molecule has 1 aliphatic heterocycles. The summed E-state index contributed by atoms with van der Waals surface area (Å²) in [6.45, 7) is 8.70. The minimum absolute atomic E-state index is 0.0606. The summed E-state index contributed by atoms with van der Waals surface area (Å²) < 4.78 is 18.9. The number of likely N-dealkylation sites (tertiary alicyclic amines) is 1. The molecule has 1 rings (SSSR count). The molecule has 0 aromatic carbocycles. The van der Waals surface area contributed by atoms with E-state index in [1.807, 2.05) is 6.92 Å². The van der Waals surface area contributed by atoms with E-state index >= 15 is 0 Å². The predicted octanol–water partition coefficient (Wildman–Crippen LogP) is 3.09. The number of carbonyl (C=O) groups excluding carboxylic acids is 2. The first-order chi connectivity index (χ1) is 8.60. The SMILES string of the molecule is CCCC(=O)[C@]1(C)CC(F)CN1C(=O)OC(C)(C)C. The maximum atomic E-state index is 13.7. The molecule has 0 saturated carbocycles. The second-order valence-electron chi connectivity index (χ2n) is 6.34. The van der Waals surface area contributed by atoms with Crippen LogP contribution in [0.1, 0.15) is 53.9 Å². The van der Waals surface area contributed by atoms with Gasteiger partial charge in [0.15, 0.2) is 5.78 Å². The van der Waals surface area contributed by atoms with Gasteiger partial charge in [-0.2, -0.15) is 0 Å². The predicted molar refractivity (Wildman–Crippen MR) is 70.8 cm³/mol. The highest BCUT2D eigenvalue weighted by molar-refractivity contribution is 5.92. The number of hydrogen-bond acceptors (Lipinski definition) is 3. The molecule has 110 valence electrons. The Hall–Kier alpha value is -1.13. The summed E-state index contributed by atoms with van der Waals surface area (Å²) in [6.07, 6.45) is -0.681. The number of amides is 1. The number of Topliss-reactive ketones (excluding diaryl/α,β-unsaturated/α-hetero) is 1. The van der Waals surface area contributed by atoms with E-state index in [1.165, 1.54) is 4.90 Å². The smallest absolute Gasteiger partial charge is 0.411 e. The van der Waals surface area contributed by atoms with Gasteiger partial charge in [0.05, 0.1) is 6.54 Å². The number of hydrogen-bond donors (Lipinski definition) is 0. The molecule has 4 nitrogen and oxygen atoms in total. The normalized spacial score (nSPS) is 27.5. The van der Waals surface area contributed by atoms with Crippen LogP contribution in [0.4, 0.5) is 9.18 Å². The molecule has 0 N–H and O–H groups in total. The molecule has 1 heterocycles. The van der Waals surface area contributed by atoms with Crippen molar-refractivity contribution < 1.29 is 18.7 Å². The molecule has 1 aliphatic rings. The van der Waals surface area contributed by atoms with Crippen LogP contribution in [-0.2, 0) is 9.53 Å². The zero-order valence-electron chi connectivity index (χ0n) is 12.5. The Balaban J connectivity index is 2.91. The highest BCUT2D eigenvalue weighted by atomic mass is 19.1. The van der Waals surface area contributed by atoms with Crippen LogP contribution in [-0.4, -0.2) is 40.6 Å². The number of ether oxygens (including phenoxy) is 1. The van der Waals surface area contributed by atoms with Crippen molar-refractivity contribution in [1.29, 1.82) is 0 Å². The fourth-order valence-electron chi connectivity index (χ4n) is 2.36. The molecule has 0 aromatic rings. The van der Waals surface area contributed by atoms with Gasteiger partial charge in [0, 0.05) is 12.8 Å². The summed E-state index contributed by atoms with van der Waals surface area (Å²) in [6, 6.07) is 0. The standard InChI is InChI=1S/C14H24FNO3/c1-6-7-11(17)14(5)8-10(15)9-16(14)12(18)19-13(2,3)4/h10H,6-9H2,1-5H3/t10?,14-/m0/s1. The zero-order chi connectivity index (χ0) is 14.8. The lowest BCUT2D eigenvalue weighted by molar-refractivity contribution is -0.128. The summed E-state index contributed by atoms with van der Waals surface area (Å²) in [7, 11) is 0. The van der Waals surface area contributed by atoms with E-state index in [0.29, 0.717) is 12.8 Å². The van der Waals surface area contributed by atoms with E-state index in [2.05, 4.69) is 0 Å². The zero-order valence-corrected chi connectivity index (χ0v) is 12.5. The highest BCUT2D eigenvalue weighted by Gasteiger charge is 2.50. The number of halogens is 1. The van der Waals surface area contributed by atoms with E-state index < -0.39 is 23.4 Å². The molecule has 1 unspecified atom stereocenters. The molecular formula is C14H24FNO3. The summed E-state index contributed by atoms with van der Waals surface area (Å²) >= 11 is 0. The van der Waals surface area contributed by atoms with Gasteiger partial charge in [-0.3, -0.25) is 9.69 Å². The number of nitrogens with zero attached hydrogens (tertiary/aromatic N) is 1. The van der Waals surface area contributed by atoms with Gasteiger partial charge in [-0.25, -0.2) is 9.18 Å². The van der Waals surface area contributed by atoms with Gasteiger partial charge in [0.25, 0.3) is 0 Å². The molecule has 2 atom stereocenters. The van der Waals surface area contributed by atoms with Crippen LogP contribution in [0.5, 0.6) is 0 Å². The molecule has 19 heavy (non-hydrogen) atoms. The third-order valence-corrected chi connectivity index (χ3v) is 3.29. The van der Waals surface area contributed by atoms with E-state index in [-0.39, 0.29) is 18.7 Å². The van der Waals surface area contributed by atoms with Crippen molar-refractivity contribution in [3.05, 3.63) is 0 Å². The minimum Gasteiger partial charge on any atom is -0.444 e. The van der Waals surface area contributed by atoms with Gasteiger partial charge in [-0.05, 0) is 34.1 Å². The van der Waals surface area contributed by atoms with E-state index in [9.17, 15) is 14.0 Å². The van der Waals surface area contributed by atoms with Gasteiger partial charge in [-0.15, -0.1) is 0 Å². The molecule has 1 amide bonds. The van der Waals surface area contributed by atoms with Gasteiger partial charge < -0.3 is 4.74 Å². The average Bonchev–Trinajstić information content (AvgIpc) is 2.53. The lowest BCUT2D eigenvalue weighted by atomic mass is 9.90. The van der Waals surface area contributed by atoms with Crippen LogP contribution in [0.25, 0.3) is 0 Å². The van der Waals surface area contributed by atoms with Crippen molar-refractivity contribution in [3.63, 3.8) is 0 Å². The summed E-state index contributed by atoms with van der Waals surface area (Å²) in [5.41, 5.74) is -1.72. The topological polar surface area (TPSA) is 46.6 Å². The Morgan fingerprint density at radius 2 is 2.00 bits per heavy atom. The molecule has 0 aliphatic carbocycles. The molecule has 0 aromatic heterocycles. The maximum absolute atomic E-state index is 13.7. The van der Waals surface area contributed by atoms with Gasteiger partial charge >= 0.3 is 6.09 Å². The summed E-state index contributed by atoms with van der Waals surface area (Å²) in [4.78, 5) is 25.5. The van der Waals surface area contributed by atoms with Gasteiger partial charge in [0.1, 0.15) is 17.3 Å². The van der Waals surface area contributed by atoms with E-state index in [1.54, 1.807) is 27.7 Å². The summed E-state index contributed by atoms with van der Waals surface area (Å²) in [5, 5.41) is 0. The van der Waals surface area contributed by atoms with Crippen molar-refractivity contribution >= 4 is 11.9 Å². The van der Waals surface area contributed by atoms with Crippen LogP contribution >= 0.6 is 0 Å². The van der Waals surface area contributed by atoms with Crippen molar-refractivity contribution in [2.75, 3.05) is 6.54 Å². The Morgan fingerprint density at radius 1 is 1.42 bits per heavy atom. The summed E-state index contributed by atoms with van der Waals surface area (Å²) in [5.74, 6) is -0.0963. The van der Waals surface area contributed by atoms with Crippen molar-refractivity contribution in [1.82, 2.24) is 4.90 Å². The van der Waals surface area contributed by atoms with Crippen molar-refractivity contribution in [3.8, 4) is 0 Å². The lowest BCUT2D eigenvalue weighted by Crippen LogP contribution is -2.52. The first-order valence-electron chi connectivity index (χ1n) is 6.78. The monoisotopic (exact) mass is 273 g/mol. The maximum Gasteiger partial charge on any atom is 0.411 e. The Bertz CT molecular complexity index is 364. The van der Waals surface area contributed by atoms with Crippen molar-refractivity contribution in [2.24, 2.45) is 0 Å². The minimum atomic E-state index is -1.17. The quantitative estimate of drug-likeness (QED) is 0.793. The number of alkyl halides is 1. The van der Waals surface area contributed by atoms with Crippen molar-refractivity contribution in [2.45, 2.75) is 71.2 Å². The fourth-order valence-corrected chi connectivity index (χ4v) is 2.36. The molecule has 5 heteroatoms. The van der Waals surface area contributed by atoms with E-state index in [4.69, 9.17) is 4.74 Å². The number of ketones is 1. The average molecular weight is 273 g/mol. The molecular weight excluding hydrogens is 249 g/mol. The first-order valence-corrected chi connectivity index (χ1v) is 6.78. The molecule has 1 fully saturated rings. The number of rotatable bonds is 3. The Morgan fingerprint density at radius 3 is 2.47 bits per heavy atom. The fraction of sp³-hybridized carbons (Fsp3) is 0.857.